The van der Waals surface area contributed by atoms with E-state index in [1.807, 2.05) is 4.90 Å². The Bertz CT molecular complexity index is 455. The fraction of sp³-hybridized carbons (Fsp3) is 0.533. The lowest BCUT2D eigenvalue weighted by molar-refractivity contribution is 0.0650. The summed E-state index contributed by atoms with van der Waals surface area (Å²) in [7, 11) is 0. The van der Waals surface area contributed by atoms with E-state index in [0.29, 0.717) is 16.6 Å². The Morgan fingerprint density at radius 2 is 1.95 bits per heavy atom. The van der Waals surface area contributed by atoms with Gasteiger partial charge >= 0.3 is 0 Å². The molecule has 1 fully saturated rings. The summed E-state index contributed by atoms with van der Waals surface area (Å²) in [5.74, 6) is -0.457. The summed E-state index contributed by atoms with van der Waals surface area (Å²) in [6.45, 7) is 0.664. The third kappa shape index (κ3) is 4.04. The second kappa shape index (κ2) is 7.55. The average molecular weight is 407 g/mol. The lowest BCUT2D eigenvalue weighted by Gasteiger charge is -2.34. The predicted octanol–water partition coefficient (Wildman–Crippen LogP) is 4.76. The van der Waals surface area contributed by atoms with E-state index in [0.717, 1.165) is 18.2 Å². The average Bonchev–Trinajstić information content (AvgIpc) is 2.44. The number of alkyl halides is 1. The number of hydrogen-bond donors (Lipinski definition) is 0. The van der Waals surface area contributed by atoms with Gasteiger partial charge in [0.1, 0.15) is 5.82 Å². The van der Waals surface area contributed by atoms with Crippen molar-refractivity contribution in [2.45, 2.75) is 38.1 Å². The van der Waals surface area contributed by atoms with Gasteiger partial charge in [0.15, 0.2) is 0 Å². The van der Waals surface area contributed by atoms with Gasteiger partial charge in [-0.25, -0.2) is 4.39 Å². The maximum Gasteiger partial charge on any atom is 0.254 e. The highest BCUT2D eigenvalue weighted by molar-refractivity contribution is 9.10. The zero-order chi connectivity index (χ0) is 14.5. The standard InChI is InChI=1S/C15H18Br2FNO/c16-6-7-19(14-4-2-1-3-5-14)15(20)11-8-12(17)10-13(18)9-11/h8-10,14H,1-7H2. The molecule has 0 bridgehead atoms. The molecule has 1 aromatic rings. The van der Waals surface area contributed by atoms with Crippen LogP contribution in [0.15, 0.2) is 22.7 Å². The Morgan fingerprint density at radius 3 is 2.55 bits per heavy atom. The molecule has 1 saturated carbocycles. The van der Waals surface area contributed by atoms with Crippen LogP contribution < -0.4 is 0 Å². The third-order valence-electron chi connectivity index (χ3n) is 3.71. The zero-order valence-electron chi connectivity index (χ0n) is 11.2. The van der Waals surface area contributed by atoms with Crippen molar-refractivity contribution in [1.82, 2.24) is 4.90 Å². The highest BCUT2D eigenvalue weighted by atomic mass is 79.9. The number of rotatable bonds is 4. The van der Waals surface area contributed by atoms with Gasteiger partial charge in [0.25, 0.3) is 5.91 Å². The maximum absolute atomic E-state index is 13.5. The normalized spacial score (nSPS) is 16.1. The van der Waals surface area contributed by atoms with Gasteiger partial charge in [0.05, 0.1) is 0 Å². The molecule has 1 aliphatic rings. The van der Waals surface area contributed by atoms with Crippen molar-refractivity contribution in [1.29, 1.82) is 0 Å². The van der Waals surface area contributed by atoms with Gasteiger partial charge in [-0.3, -0.25) is 4.79 Å². The molecule has 1 amide bonds. The quantitative estimate of drug-likeness (QED) is 0.660. The van der Waals surface area contributed by atoms with Crippen molar-refractivity contribution in [2.24, 2.45) is 0 Å². The van der Waals surface area contributed by atoms with Gasteiger partial charge < -0.3 is 4.90 Å². The summed E-state index contributed by atoms with van der Waals surface area (Å²) in [6, 6.07) is 4.66. The number of amides is 1. The van der Waals surface area contributed by atoms with Crippen molar-refractivity contribution in [2.75, 3.05) is 11.9 Å². The van der Waals surface area contributed by atoms with Gasteiger partial charge in [-0.05, 0) is 31.0 Å². The van der Waals surface area contributed by atoms with Crippen LogP contribution in [0.2, 0.25) is 0 Å². The van der Waals surface area contributed by atoms with Crippen molar-refractivity contribution in [3.63, 3.8) is 0 Å². The SMILES string of the molecule is O=C(c1cc(F)cc(Br)c1)N(CCBr)C1CCCCC1. The fourth-order valence-corrected chi connectivity index (χ4v) is 3.62. The van der Waals surface area contributed by atoms with E-state index in [4.69, 9.17) is 0 Å². The number of carbonyl (C=O) groups excluding carboxylic acids is 1. The second-order valence-corrected chi connectivity index (χ2v) is 6.85. The molecule has 2 rings (SSSR count). The summed E-state index contributed by atoms with van der Waals surface area (Å²) in [6.07, 6.45) is 5.69. The van der Waals surface area contributed by atoms with E-state index < -0.39 is 0 Å². The van der Waals surface area contributed by atoms with E-state index >= 15 is 0 Å². The Morgan fingerprint density at radius 1 is 1.25 bits per heavy atom. The van der Waals surface area contributed by atoms with Crippen LogP contribution in [0, 0.1) is 5.82 Å². The van der Waals surface area contributed by atoms with Crippen LogP contribution in [0.5, 0.6) is 0 Å². The van der Waals surface area contributed by atoms with E-state index in [1.54, 1.807) is 6.07 Å². The molecule has 0 N–H and O–H groups in total. The molecule has 110 valence electrons. The van der Waals surface area contributed by atoms with E-state index in [1.165, 1.54) is 31.4 Å². The van der Waals surface area contributed by atoms with Crippen molar-refractivity contribution in [3.8, 4) is 0 Å². The van der Waals surface area contributed by atoms with Gasteiger partial charge in [-0.15, -0.1) is 0 Å². The minimum absolute atomic E-state index is 0.0726. The van der Waals surface area contributed by atoms with Crippen LogP contribution in [-0.4, -0.2) is 28.7 Å². The van der Waals surface area contributed by atoms with Crippen LogP contribution in [0.1, 0.15) is 42.5 Å². The second-order valence-electron chi connectivity index (χ2n) is 5.14. The number of benzene rings is 1. The number of carbonyl (C=O) groups is 1. The number of nitrogens with zero attached hydrogens (tertiary/aromatic N) is 1. The maximum atomic E-state index is 13.5. The molecule has 0 saturated heterocycles. The molecule has 0 unspecified atom stereocenters. The topological polar surface area (TPSA) is 20.3 Å². The first-order valence-corrected chi connectivity index (χ1v) is 8.86. The van der Waals surface area contributed by atoms with Crippen LogP contribution in [0.25, 0.3) is 0 Å². The monoisotopic (exact) mass is 405 g/mol. The van der Waals surface area contributed by atoms with Crippen LogP contribution in [0.4, 0.5) is 4.39 Å². The smallest absolute Gasteiger partial charge is 0.254 e. The molecule has 2 nitrogen and oxygen atoms in total. The minimum atomic E-state index is -0.384. The molecular formula is C15H18Br2FNO. The molecule has 0 heterocycles. The van der Waals surface area contributed by atoms with Crippen LogP contribution >= 0.6 is 31.9 Å². The van der Waals surface area contributed by atoms with Crippen molar-refractivity contribution < 1.29 is 9.18 Å². The lowest BCUT2D eigenvalue weighted by atomic mass is 9.93. The molecule has 0 aromatic heterocycles. The van der Waals surface area contributed by atoms with E-state index in [-0.39, 0.29) is 17.8 Å². The largest absolute Gasteiger partial charge is 0.335 e. The fourth-order valence-electron chi connectivity index (χ4n) is 2.78. The Hall–Kier alpha value is -0.420. The van der Waals surface area contributed by atoms with Crippen LogP contribution in [0.3, 0.4) is 0 Å². The first kappa shape index (κ1) is 16.0. The minimum Gasteiger partial charge on any atom is -0.335 e. The summed E-state index contributed by atoms with van der Waals surface area (Å²) in [5, 5.41) is 0.742. The third-order valence-corrected chi connectivity index (χ3v) is 4.52. The van der Waals surface area contributed by atoms with Gasteiger partial charge in [-0.2, -0.15) is 0 Å². The molecule has 0 spiro atoms. The van der Waals surface area contributed by atoms with Crippen molar-refractivity contribution >= 4 is 37.8 Å². The molecule has 20 heavy (non-hydrogen) atoms. The van der Waals surface area contributed by atoms with Crippen LogP contribution in [-0.2, 0) is 0 Å². The Balaban J connectivity index is 2.20. The van der Waals surface area contributed by atoms with Crippen molar-refractivity contribution in [3.05, 3.63) is 34.1 Å². The summed E-state index contributed by atoms with van der Waals surface area (Å²) >= 11 is 6.65. The highest BCUT2D eigenvalue weighted by Crippen LogP contribution is 2.25. The molecule has 5 heteroatoms. The molecule has 1 aromatic carbocycles. The molecule has 0 atom stereocenters. The summed E-state index contributed by atoms with van der Waals surface area (Å²) < 4.78 is 14.1. The molecule has 0 aliphatic heterocycles. The van der Waals surface area contributed by atoms with E-state index in [2.05, 4.69) is 31.9 Å². The number of halogens is 3. The lowest BCUT2D eigenvalue weighted by Crippen LogP contribution is -2.42. The highest BCUT2D eigenvalue weighted by Gasteiger charge is 2.26. The zero-order valence-corrected chi connectivity index (χ0v) is 14.4. The summed E-state index contributed by atoms with van der Waals surface area (Å²) in [4.78, 5) is 14.6. The van der Waals surface area contributed by atoms with E-state index in [9.17, 15) is 9.18 Å². The number of hydrogen-bond acceptors (Lipinski definition) is 1. The first-order chi connectivity index (χ1) is 9.61. The Kier molecular flexibility index (Phi) is 6.02. The van der Waals surface area contributed by atoms with Gasteiger partial charge in [0, 0.05) is 28.0 Å². The first-order valence-electron chi connectivity index (χ1n) is 6.95. The van der Waals surface area contributed by atoms with Gasteiger partial charge in [0.2, 0.25) is 0 Å². The molecule has 0 radical (unpaired) electrons. The van der Waals surface area contributed by atoms with Gasteiger partial charge in [-0.1, -0.05) is 51.1 Å². The molecule has 1 aliphatic carbocycles. The Labute approximate surface area is 136 Å². The molecular weight excluding hydrogens is 389 g/mol. The summed E-state index contributed by atoms with van der Waals surface area (Å²) in [5.41, 5.74) is 0.420. The predicted molar refractivity (Wildman–Crippen MR) is 85.8 cm³/mol.